The predicted molar refractivity (Wildman–Crippen MR) is 151 cm³/mol. The number of rotatable bonds is 9. The fourth-order valence-electron chi connectivity index (χ4n) is 7.18. The lowest BCUT2D eigenvalue weighted by Gasteiger charge is -2.38. The molecule has 2 atom stereocenters. The molecule has 1 aliphatic heterocycles. The average molecular weight is 545 g/mol. The Balaban J connectivity index is 1.09. The SMILES string of the molecule is CC(C)n1nccc1C(=O)N[C@H](C(=O)Nc1ccc2c(c1)CC[C@H]2N1CC2(CC2)CNC1=O)C(C1CC1)C1CC1. The van der Waals surface area contributed by atoms with Gasteiger partial charge in [-0.25, -0.2) is 4.79 Å². The normalized spacial score (nSPS) is 23.8. The number of hydrogen-bond donors (Lipinski definition) is 3. The molecule has 40 heavy (non-hydrogen) atoms. The molecular weight excluding hydrogens is 504 g/mol. The average Bonchev–Trinajstić information content (AvgIpc) is 3.89. The number of amides is 4. The first-order valence-electron chi connectivity index (χ1n) is 15.1. The molecule has 9 nitrogen and oxygen atoms in total. The number of anilines is 1. The maximum absolute atomic E-state index is 13.9. The molecule has 4 aliphatic carbocycles. The maximum atomic E-state index is 13.9. The van der Waals surface area contributed by atoms with Gasteiger partial charge in [-0.05, 0) is 112 Å². The third-order valence-corrected chi connectivity index (χ3v) is 9.85. The third kappa shape index (κ3) is 4.77. The summed E-state index contributed by atoms with van der Waals surface area (Å²) in [7, 11) is 0. The van der Waals surface area contributed by atoms with Crippen LogP contribution < -0.4 is 16.0 Å². The Kier molecular flexibility index (Phi) is 6.16. The Morgan fingerprint density at radius 3 is 2.50 bits per heavy atom. The van der Waals surface area contributed by atoms with Gasteiger partial charge in [0.1, 0.15) is 11.7 Å². The summed E-state index contributed by atoms with van der Waals surface area (Å²) in [5.41, 5.74) is 3.88. The second-order valence-electron chi connectivity index (χ2n) is 13.2. The molecule has 0 radical (unpaired) electrons. The van der Waals surface area contributed by atoms with E-state index in [9.17, 15) is 14.4 Å². The zero-order valence-electron chi connectivity index (χ0n) is 23.5. The molecule has 5 aliphatic rings. The summed E-state index contributed by atoms with van der Waals surface area (Å²) in [6, 6.07) is 7.41. The summed E-state index contributed by atoms with van der Waals surface area (Å²) in [5, 5.41) is 13.7. The lowest BCUT2D eigenvalue weighted by atomic mass is 9.88. The number of aryl methyl sites for hydroxylation is 1. The summed E-state index contributed by atoms with van der Waals surface area (Å²) in [5.74, 6) is 0.746. The van der Waals surface area contributed by atoms with Gasteiger partial charge in [-0.2, -0.15) is 5.10 Å². The third-order valence-electron chi connectivity index (χ3n) is 9.85. The van der Waals surface area contributed by atoms with E-state index in [1.807, 2.05) is 24.8 Å². The van der Waals surface area contributed by atoms with E-state index in [2.05, 4.69) is 33.2 Å². The van der Waals surface area contributed by atoms with Gasteiger partial charge in [0, 0.05) is 36.4 Å². The van der Waals surface area contributed by atoms with Crippen molar-refractivity contribution in [2.24, 2.45) is 23.2 Å². The second kappa shape index (κ2) is 9.63. The molecule has 1 aromatic heterocycles. The van der Waals surface area contributed by atoms with E-state index >= 15 is 0 Å². The Labute approximate surface area is 235 Å². The molecule has 212 valence electrons. The molecule has 2 aromatic rings. The van der Waals surface area contributed by atoms with Crippen molar-refractivity contribution in [2.45, 2.75) is 83.3 Å². The van der Waals surface area contributed by atoms with E-state index in [-0.39, 0.29) is 41.3 Å². The highest BCUT2D eigenvalue weighted by molar-refractivity contribution is 6.01. The standard InChI is InChI=1S/C31H40N6O3/c1-18(2)37-25(11-14-33-37)28(38)35-27(26(19-3-4-19)20-5-6-20)29(39)34-22-8-9-23-21(15-22)7-10-24(23)36-17-31(12-13-31)16-32-30(36)40/h8-9,11,14-15,18-20,24,26-27H,3-7,10,12-13,16-17H2,1-2H3,(H,32,40)(H,34,39)(H,35,38)/t24-,27+/m1/s1. The molecule has 1 aromatic carbocycles. The molecule has 4 amide bonds. The minimum Gasteiger partial charge on any atom is -0.339 e. The van der Waals surface area contributed by atoms with Crippen LogP contribution in [0.1, 0.15) is 92.5 Å². The Hall–Kier alpha value is -3.36. The summed E-state index contributed by atoms with van der Waals surface area (Å²) in [4.78, 5) is 42.0. The van der Waals surface area contributed by atoms with Crippen LogP contribution in [0.4, 0.5) is 10.5 Å². The van der Waals surface area contributed by atoms with Gasteiger partial charge in [-0.15, -0.1) is 0 Å². The van der Waals surface area contributed by atoms with Crippen LogP contribution >= 0.6 is 0 Å². The highest BCUT2D eigenvalue weighted by atomic mass is 16.2. The van der Waals surface area contributed by atoms with Gasteiger partial charge in [0.05, 0.1) is 6.04 Å². The zero-order valence-corrected chi connectivity index (χ0v) is 23.5. The number of aromatic nitrogens is 2. The smallest absolute Gasteiger partial charge is 0.317 e. The Morgan fingerprint density at radius 1 is 1.07 bits per heavy atom. The molecule has 9 heteroatoms. The van der Waals surface area contributed by atoms with Crippen molar-refractivity contribution < 1.29 is 14.4 Å². The predicted octanol–water partition coefficient (Wildman–Crippen LogP) is 4.43. The monoisotopic (exact) mass is 544 g/mol. The highest BCUT2D eigenvalue weighted by Gasteiger charge is 2.50. The van der Waals surface area contributed by atoms with Gasteiger partial charge < -0.3 is 20.9 Å². The van der Waals surface area contributed by atoms with Crippen molar-refractivity contribution in [3.63, 3.8) is 0 Å². The van der Waals surface area contributed by atoms with Gasteiger partial charge >= 0.3 is 6.03 Å². The van der Waals surface area contributed by atoms with Crippen molar-refractivity contribution in [3.8, 4) is 0 Å². The van der Waals surface area contributed by atoms with Crippen LogP contribution in [0.2, 0.25) is 0 Å². The van der Waals surface area contributed by atoms with Crippen molar-refractivity contribution in [3.05, 3.63) is 47.3 Å². The number of urea groups is 1. The number of hydrogen-bond acceptors (Lipinski definition) is 4. The van der Waals surface area contributed by atoms with Crippen LogP contribution in [0.3, 0.4) is 0 Å². The first-order chi connectivity index (χ1) is 19.3. The Morgan fingerprint density at radius 2 is 1.82 bits per heavy atom. The topological polar surface area (TPSA) is 108 Å². The molecule has 3 saturated carbocycles. The second-order valence-corrected chi connectivity index (χ2v) is 13.2. The van der Waals surface area contributed by atoms with Gasteiger partial charge in [-0.1, -0.05) is 6.07 Å². The number of nitrogens with one attached hydrogen (secondary N) is 3. The number of nitrogens with zero attached hydrogens (tertiary/aromatic N) is 3. The van der Waals surface area contributed by atoms with E-state index in [0.717, 1.165) is 57.3 Å². The lowest BCUT2D eigenvalue weighted by Crippen LogP contribution is -2.52. The summed E-state index contributed by atoms with van der Waals surface area (Å²) in [6.45, 7) is 5.62. The van der Waals surface area contributed by atoms with Gasteiger partial charge in [0.25, 0.3) is 5.91 Å². The van der Waals surface area contributed by atoms with E-state index in [4.69, 9.17) is 0 Å². The summed E-state index contributed by atoms with van der Waals surface area (Å²) in [6.07, 6.45) is 10.3. The Bertz CT molecular complexity index is 1330. The number of carbonyl (C=O) groups is 3. The minimum absolute atomic E-state index is 0.0383. The van der Waals surface area contributed by atoms with E-state index in [1.54, 1.807) is 16.9 Å². The van der Waals surface area contributed by atoms with Crippen LogP contribution in [-0.2, 0) is 11.2 Å². The van der Waals surface area contributed by atoms with Crippen molar-refractivity contribution in [1.82, 2.24) is 25.3 Å². The molecule has 0 bridgehead atoms. The fourth-order valence-corrected chi connectivity index (χ4v) is 7.18. The molecule has 1 saturated heterocycles. The quantitative estimate of drug-likeness (QED) is 0.434. The maximum Gasteiger partial charge on any atom is 0.317 e. The van der Waals surface area contributed by atoms with E-state index in [1.165, 1.54) is 24.0 Å². The zero-order chi connectivity index (χ0) is 27.6. The number of carbonyl (C=O) groups excluding carboxylic acids is 3. The van der Waals surface area contributed by atoms with Crippen molar-refractivity contribution in [1.29, 1.82) is 0 Å². The van der Waals surface area contributed by atoms with Crippen LogP contribution in [0.25, 0.3) is 0 Å². The van der Waals surface area contributed by atoms with Gasteiger partial charge in [-0.3, -0.25) is 14.3 Å². The van der Waals surface area contributed by atoms with E-state index in [0.29, 0.717) is 17.5 Å². The summed E-state index contributed by atoms with van der Waals surface area (Å²) < 4.78 is 1.71. The van der Waals surface area contributed by atoms with Crippen molar-refractivity contribution in [2.75, 3.05) is 18.4 Å². The van der Waals surface area contributed by atoms with E-state index < -0.39 is 6.04 Å². The molecule has 7 rings (SSSR count). The van der Waals surface area contributed by atoms with Crippen LogP contribution in [0.15, 0.2) is 30.5 Å². The molecule has 2 heterocycles. The minimum atomic E-state index is -0.587. The lowest BCUT2D eigenvalue weighted by molar-refractivity contribution is -0.119. The highest BCUT2D eigenvalue weighted by Crippen LogP contribution is 2.51. The number of benzene rings is 1. The van der Waals surface area contributed by atoms with Crippen molar-refractivity contribution >= 4 is 23.5 Å². The molecule has 1 spiro atoms. The van der Waals surface area contributed by atoms with Crippen LogP contribution in [0.5, 0.6) is 0 Å². The fraction of sp³-hybridized carbons (Fsp3) is 0.613. The number of fused-ring (bicyclic) bond motifs is 1. The molecule has 0 unspecified atom stereocenters. The van der Waals surface area contributed by atoms with Gasteiger partial charge in [0.2, 0.25) is 5.91 Å². The molecule has 3 N–H and O–H groups in total. The molecule has 4 fully saturated rings. The molecular formula is C31H40N6O3. The first kappa shape index (κ1) is 25.6. The first-order valence-corrected chi connectivity index (χ1v) is 15.1. The van der Waals surface area contributed by atoms with Crippen LogP contribution in [-0.4, -0.2) is 51.7 Å². The van der Waals surface area contributed by atoms with Crippen LogP contribution in [0, 0.1) is 23.2 Å². The van der Waals surface area contributed by atoms with Gasteiger partial charge in [0.15, 0.2) is 0 Å². The summed E-state index contributed by atoms with van der Waals surface area (Å²) >= 11 is 0. The largest absolute Gasteiger partial charge is 0.339 e.